The van der Waals surface area contributed by atoms with Crippen molar-refractivity contribution in [3.63, 3.8) is 0 Å². The van der Waals surface area contributed by atoms with Crippen molar-refractivity contribution in [2.24, 2.45) is 4.99 Å². The first-order chi connectivity index (χ1) is 18.0. The summed E-state index contributed by atoms with van der Waals surface area (Å²) in [6.07, 6.45) is 1.79. The summed E-state index contributed by atoms with van der Waals surface area (Å²) in [4.78, 5) is 31.0. The van der Waals surface area contributed by atoms with Crippen molar-refractivity contribution in [1.82, 2.24) is 4.90 Å². The van der Waals surface area contributed by atoms with Crippen molar-refractivity contribution in [2.45, 2.75) is 13.5 Å². The quantitative estimate of drug-likeness (QED) is 0.342. The topological polar surface area (TPSA) is 111 Å². The van der Waals surface area contributed by atoms with Crippen LogP contribution in [0.3, 0.4) is 0 Å². The number of amides is 1. The summed E-state index contributed by atoms with van der Waals surface area (Å²) in [6.45, 7) is 3.08. The molecule has 1 aliphatic rings. The van der Waals surface area contributed by atoms with E-state index in [1.807, 2.05) is 43.3 Å². The lowest BCUT2D eigenvalue weighted by Gasteiger charge is -2.14. The van der Waals surface area contributed by atoms with Crippen LogP contribution in [0.25, 0.3) is 6.08 Å². The van der Waals surface area contributed by atoms with E-state index in [0.29, 0.717) is 47.1 Å². The number of carbonyl (C=O) groups excluding carboxylic acids is 1. The fourth-order valence-electron chi connectivity index (χ4n) is 3.46. The molecule has 0 bridgehead atoms. The van der Waals surface area contributed by atoms with Crippen LogP contribution < -0.4 is 9.47 Å². The largest absolute Gasteiger partial charge is 0.490 e. The third-order valence-corrected chi connectivity index (χ3v) is 6.20. The molecule has 0 spiro atoms. The SMILES string of the molecule is CCOc1cc(C=C2SC(=Nc3ccccc3)N(CCOC)C2=O)ccc1OCc1ccc(C(=O)O)o1. The number of benzene rings is 2. The third kappa shape index (κ3) is 6.60. The Bertz CT molecular complexity index is 1320. The summed E-state index contributed by atoms with van der Waals surface area (Å²) in [5.41, 5.74) is 1.51. The molecule has 3 aromatic rings. The molecule has 1 fully saturated rings. The molecule has 2 heterocycles. The van der Waals surface area contributed by atoms with Gasteiger partial charge in [-0.1, -0.05) is 24.3 Å². The van der Waals surface area contributed by atoms with Crippen molar-refractivity contribution < 1.29 is 33.3 Å². The number of ether oxygens (including phenoxy) is 3. The van der Waals surface area contributed by atoms with E-state index in [1.165, 1.54) is 17.8 Å². The summed E-state index contributed by atoms with van der Waals surface area (Å²) in [5.74, 6) is -0.111. The number of carbonyl (C=O) groups is 2. The number of hydrogen-bond acceptors (Lipinski definition) is 8. The number of carboxylic acid groups (broad SMARTS) is 1. The number of thioether (sulfide) groups is 1. The monoisotopic (exact) mass is 522 g/mol. The first-order valence-electron chi connectivity index (χ1n) is 11.5. The number of carboxylic acids is 1. The first kappa shape index (κ1) is 26.1. The molecule has 37 heavy (non-hydrogen) atoms. The zero-order chi connectivity index (χ0) is 26.2. The average molecular weight is 523 g/mol. The van der Waals surface area contributed by atoms with E-state index < -0.39 is 5.97 Å². The Morgan fingerprint density at radius 3 is 2.62 bits per heavy atom. The van der Waals surface area contributed by atoms with E-state index in [-0.39, 0.29) is 18.3 Å². The molecule has 2 aromatic carbocycles. The smallest absolute Gasteiger partial charge is 0.371 e. The van der Waals surface area contributed by atoms with Crippen LogP contribution in [0.1, 0.15) is 28.8 Å². The van der Waals surface area contributed by atoms with Crippen LogP contribution in [0.4, 0.5) is 5.69 Å². The Hall–Kier alpha value is -4.02. The zero-order valence-corrected chi connectivity index (χ0v) is 21.2. The fourth-order valence-corrected chi connectivity index (χ4v) is 4.48. The van der Waals surface area contributed by atoms with Gasteiger partial charge in [-0.15, -0.1) is 0 Å². The van der Waals surface area contributed by atoms with Crippen LogP contribution in [0.2, 0.25) is 0 Å². The molecule has 0 aliphatic carbocycles. The Morgan fingerprint density at radius 2 is 1.92 bits per heavy atom. The summed E-state index contributed by atoms with van der Waals surface area (Å²) in [7, 11) is 1.59. The number of methoxy groups -OCH3 is 1. The predicted octanol–water partition coefficient (Wildman–Crippen LogP) is 5.21. The van der Waals surface area contributed by atoms with Gasteiger partial charge in [-0.05, 0) is 66.7 Å². The Balaban J connectivity index is 1.55. The molecule has 1 amide bonds. The fraction of sp³-hybridized carbons (Fsp3) is 0.222. The molecule has 1 N–H and O–H groups in total. The standard InChI is InChI=1S/C27H26N2O7S/c1-3-34-23-15-18(9-11-21(23)35-17-20-10-12-22(36-20)26(31)32)16-24-25(30)29(13-14-33-2)27(37-24)28-19-7-5-4-6-8-19/h4-12,15-16H,3,13-14,17H2,1-2H3,(H,31,32). The Kier molecular flexibility index (Phi) is 8.65. The van der Waals surface area contributed by atoms with E-state index in [4.69, 9.17) is 23.7 Å². The normalized spacial score (nSPS) is 15.5. The van der Waals surface area contributed by atoms with Crippen LogP contribution >= 0.6 is 11.8 Å². The second kappa shape index (κ2) is 12.3. The van der Waals surface area contributed by atoms with E-state index in [9.17, 15) is 9.59 Å². The predicted molar refractivity (Wildman–Crippen MR) is 140 cm³/mol. The number of furan rings is 1. The van der Waals surface area contributed by atoms with E-state index in [1.54, 1.807) is 36.3 Å². The molecular weight excluding hydrogens is 496 g/mol. The maximum absolute atomic E-state index is 13.2. The van der Waals surface area contributed by atoms with Gasteiger partial charge < -0.3 is 23.7 Å². The number of aliphatic imine (C=N–C) groups is 1. The molecule has 1 saturated heterocycles. The number of aromatic carboxylic acids is 1. The maximum atomic E-state index is 13.2. The minimum absolute atomic E-state index is 0.0376. The van der Waals surface area contributed by atoms with Gasteiger partial charge in [0.25, 0.3) is 5.91 Å². The van der Waals surface area contributed by atoms with Crippen molar-refractivity contribution in [3.05, 3.63) is 82.7 Å². The third-order valence-electron chi connectivity index (χ3n) is 5.20. The molecule has 1 aromatic heterocycles. The van der Waals surface area contributed by atoms with Gasteiger partial charge in [0, 0.05) is 7.11 Å². The number of hydrogen-bond donors (Lipinski definition) is 1. The molecular formula is C27H26N2O7S. The van der Waals surface area contributed by atoms with Crippen molar-refractivity contribution in [3.8, 4) is 11.5 Å². The van der Waals surface area contributed by atoms with Crippen LogP contribution in [-0.4, -0.2) is 53.9 Å². The molecule has 4 rings (SSSR count). The second-order valence-electron chi connectivity index (χ2n) is 7.79. The molecule has 10 heteroatoms. The average Bonchev–Trinajstić information content (AvgIpc) is 3.48. The Labute approximate surface area is 218 Å². The minimum Gasteiger partial charge on any atom is -0.490 e. The van der Waals surface area contributed by atoms with E-state index in [0.717, 1.165) is 11.3 Å². The number of amidine groups is 1. The first-order valence-corrected chi connectivity index (χ1v) is 12.4. The molecule has 0 saturated carbocycles. The second-order valence-corrected chi connectivity index (χ2v) is 8.80. The highest BCUT2D eigenvalue weighted by atomic mass is 32.2. The van der Waals surface area contributed by atoms with Gasteiger partial charge >= 0.3 is 5.97 Å². The highest BCUT2D eigenvalue weighted by molar-refractivity contribution is 8.18. The molecule has 0 unspecified atom stereocenters. The number of para-hydroxylation sites is 1. The van der Waals surface area contributed by atoms with Gasteiger partial charge in [-0.25, -0.2) is 9.79 Å². The minimum atomic E-state index is -1.14. The van der Waals surface area contributed by atoms with Crippen LogP contribution in [0, 0.1) is 0 Å². The summed E-state index contributed by atoms with van der Waals surface area (Å²) in [6, 6.07) is 17.7. The van der Waals surface area contributed by atoms with Crippen molar-refractivity contribution in [2.75, 3.05) is 26.9 Å². The molecule has 1 aliphatic heterocycles. The summed E-state index contributed by atoms with van der Waals surface area (Å²) < 4.78 is 22.0. The lowest BCUT2D eigenvalue weighted by Crippen LogP contribution is -2.32. The van der Waals surface area contributed by atoms with Crippen LogP contribution in [0.5, 0.6) is 11.5 Å². The zero-order valence-electron chi connectivity index (χ0n) is 20.4. The van der Waals surface area contributed by atoms with Crippen LogP contribution in [0.15, 0.2) is 75.0 Å². The highest BCUT2D eigenvalue weighted by Crippen LogP contribution is 2.36. The van der Waals surface area contributed by atoms with Crippen molar-refractivity contribution in [1.29, 1.82) is 0 Å². The van der Waals surface area contributed by atoms with Gasteiger partial charge in [0.05, 0.1) is 30.4 Å². The molecule has 0 atom stereocenters. The molecule has 9 nitrogen and oxygen atoms in total. The van der Waals surface area contributed by atoms with Gasteiger partial charge in [0.15, 0.2) is 16.7 Å². The maximum Gasteiger partial charge on any atom is 0.371 e. The molecule has 0 radical (unpaired) electrons. The van der Waals surface area contributed by atoms with Gasteiger partial charge in [0.2, 0.25) is 5.76 Å². The summed E-state index contributed by atoms with van der Waals surface area (Å²) in [5, 5.41) is 9.60. The van der Waals surface area contributed by atoms with Gasteiger partial charge in [-0.2, -0.15) is 0 Å². The van der Waals surface area contributed by atoms with Gasteiger partial charge in [0.1, 0.15) is 12.4 Å². The highest BCUT2D eigenvalue weighted by Gasteiger charge is 2.33. The lowest BCUT2D eigenvalue weighted by atomic mass is 10.2. The lowest BCUT2D eigenvalue weighted by molar-refractivity contribution is -0.122. The van der Waals surface area contributed by atoms with E-state index in [2.05, 4.69) is 4.99 Å². The molecule has 192 valence electrons. The van der Waals surface area contributed by atoms with Gasteiger partial charge in [-0.3, -0.25) is 9.69 Å². The van der Waals surface area contributed by atoms with E-state index >= 15 is 0 Å². The van der Waals surface area contributed by atoms with Crippen LogP contribution in [-0.2, 0) is 16.1 Å². The number of rotatable bonds is 11. The summed E-state index contributed by atoms with van der Waals surface area (Å²) >= 11 is 1.30. The number of nitrogens with zero attached hydrogens (tertiary/aromatic N) is 2. The Morgan fingerprint density at radius 1 is 1.11 bits per heavy atom. The van der Waals surface area contributed by atoms with Crippen molar-refractivity contribution >= 4 is 40.6 Å².